The SMILES string of the molecule is CCOC(=O)n1c2c(c3ccc(OC(=O)Nc4ccccc4)cc31)C(C)(C)CNC=C2. The summed E-state index contributed by atoms with van der Waals surface area (Å²) in [5.74, 6) is 0.332. The Morgan fingerprint density at radius 2 is 1.94 bits per heavy atom. The van der Waals surface area contributed by atoms with Gasteiger partial charge in [-0.2, -0.15) is 0 Å². The van der Waals surface area contributed by atoms with Crippen molar-refractivity contribution in [3.63, 3.8) is 0 Å². The molecule has 0 bridgehead atoms. The minimum atomic E-state index is -0.606. The van der Waals surface area contributed by atoms with Crippen LogP contribution in [0.2, 0.25) is 0 Å². The van der Waals surface area contributed by atoms with Gasteiger partial charge in [0.25, 0.3) is 0 Å². The first-order chi connectivity index (χ1) is 14.9. The lowest BCUT2D eigenvalue weighted by Gasteiger charge is -2.24. The monoisotopic (exact) mass is 419 g/mol. The molecule has 1 aliphatic rings. The highest BCUT2D eigenvalue weighted by Crippen LogP contribution is 2.39. The smallest absolute Gasteiger partial charge is 0.418 e. The summed E-state index contributed by atoms with van der Waals surface area (Å²) in [6, 6.07) is 14.4. The van der Waals surface area contributed by atoms with Crippen LogP contribution in [0.25, 0.3) is 17.0 Å². The van der Waals surface area contributed by atoms with E-state index in [4.69, 9.17) is 9.47 Å². The van der Waals surface area contributed by atoms with Crippen molar-refractivity contribution in [2.75, 3.05) is 18.5 Å². The summed E-state index contributed by atoms with van der Waals surface area (Å²) in [6.07, 6.45) is 2.64. The molecule has 0 radical (unpaired) electrons. The first kappa shape index (κ1) is 20.5. The lowest BCUT2D eigenvalue weighted by Crippen LogP contribution is -2.29. The molecule has 1 amide bonds. The number of carbonyl (C=O) groups is 2. The van der Waals surface area contributed by atoms with Crippen LogP contribution in [-0.2, 0) is 10.2 Å². The van der Waals surface area contributed by atoms with Crippen LogP contribution in [0.4, 0.5) is 15.3 Å². The van der Waals surface area contributed by atoms with Crippen molar-refractivity contribution in [3.8, 4) is 5.75 Å². The first-order valence-electron chi connectivity index (χ1n) is 10.2. The third-order valence-electron chi connectivity index (χ3n) is 5.24. The molecular weight excluding hydrogens is 394 g/mol. The minimum absolute atomic E-state index is 0.234. The fourth-order valence-electron chi connectivity index (χ4n) is 3.92. The number of amides is 1. The standard InChI is InChI=1S/C24H25N3O4/c1-4-30-23(29)27-19-12-13-25-15-24(2,3)21(19)18-11-10-17(14-20(18)27)31-22(28)26-16-8-6-5-7-9-16/h5-14,25H,4,15H2,1-3H3,(H,26,28). The normalized spacial score (nSPS) is 14.3. The summed E-state index contributed by atoms with van der Waals surface area (Å²) >= 11 is 0. The Balaban J connectivity index is 1.77. The summed E-state index contributed by atoms with van der Waals surface area (Å²) in [5, 5.41) is 6.87. The summed E-state index contributed by atoms with van der Waals surface area (Å²) in [5.41, 5.74) is 2.83. The highest BCUT2D eigenvalue weighted by Gasteiger charge is 2.32. The summed E-state index contributed by atoms with van der Waals surface area (Å²) in [7, 11) is 0. The minimum Gasteiger partial charge on any atom is -0.449 e. The Bertz CT molecular complexity index is 1160. The Kier molecular flexibility index (Phi) is 5.42. The lowest BCUT2D eigenvalue weighted by atomic mass is 9.83. The van der Waals surface area contributed by atoms with Crippen LogP contribution in [-0.4, -0.2) is 29.9 Å². The number of hydrogen-bond acceptors (Lipinski definition) is 5. The zero-order valence-corrected chi connectivity index (χ0v) is 17.8. The number of ether oxygens (including phenoxy) is 2. The number of nitrogens with one attached hydrogen (secondary N) is 2. The van der Waals surface area contributed by atoms with E-state index in [1.807, 2.05) is 36.5 Å². The largest absolute Gasteiger partial charge is 0.449 e. The number of nitrogens with zero attached hydrogens (tertiary/aromatic N) is 1. The summed E-state index contributed by atoms with van der Waals surface area (Å²) in [6.45, 7) is 6.99. The molecule has 2 heterocycles. The summed E-state index contributed by atoms with van der Waals surface area (Å²) < 4.78 is 12.3. The van der Waals surface area contributed by atoms with Crippen molar-refractivity contribution < 1.29 is 19.1 Å². The number of aromatic nitrogens is 1. The number of carbonyl (C=O) groups excluding carboxylic acids is 2. The Labute approximate surface area is 180 Å². The van der Waals surface area contributed by atoms with Crippen molar-refractivity contribution >= 4 is 34.9 Å². The van der Waals surface area contributed by atoms with E-state index in [0.29, 0.717) is 17.0 Å². The maximum Gasteiger partial charge on any atom is 0.418 e. The Morgan fingerprint density at radius 3 is 2.68 bits per heavy atom. The van der Waals surface area contributed by atoms with E-state index in [9.17, 15) is 9.59 Å². The van der Waals surface area contributed by atoms with Crippen molar-refractivity contribution in [1.29, 1.82) is 0 Å². The number of rotatable bonds is 3. The van der Waals surface area contributed by atoms with Gasteiger partial charge in [-0.3, -0.25) is 5.32 Å². The molecule has 7 nitrogen and oxygen atoms in total. The highest BCUT2D eigenvalue weighted by molar-refractivity contribution is 5.98. The Morgan fingerprint density at radius 1 is 1.16 bits per heavy atom. The molecular formula is C24H25N3O4. The van der Waals surface area contributed by atoms with Gasteiger partial charge in [-0.25, -0.2) is 14.2 Å². The van der Waals surface area contributed by atoms with Gasteiger partial charge in [0.05, 0.1) is 17.8 Å². The highest BCUT2D eigenvalue weighted by atomic mass is 16.6. The number of para-hydroxylation sites is 1. The van der Waals surface area contributed by atoms with Crippen molar-refractivity contribution in [3.05, 3.63) is 66.0 Å². The van der Waals surface area contributed by atoms with E-state index in [2.05, 4.69) is 24.5 Å². The predicted molar refractivity (Wildman–Crippen MR) is 121 cm³/mol. The molecule has 0 saturated heterocycles. The van der Waals surface area contributed by atoms with Crippen molar-refractivity contribution in [1.82, 2.24) is 9.88 Å². The van der Waals surface area contributed by atoms with Crippen LogP contribution >= 0.6 is 0 Å². The van der Waals surface area contributed by atoms with Gasteiger partial charge >= 0.3 is 12.2 Å². The molecule has 0 unspecified atom stereocenters. The maximum absolute atomic E-state index is 12.9. The zero-order valence-electron chi connectivity index (χ0n) is 17.8. The van der Waals surface area contributed by atoms with Crippen LogP contribution in [0, 0.1) is 0 Å². The van der Waals surface area contributed by atoms with Crippen LogP contribution < -0.4 is 15.4 Å². The second-order valence-corrected chi connectivity index (χ2v) is 7.95. The molecule has 3 aromatic rings. The predicted octanol–water partition coefficient (Wildman–Crippen LogP) is 5.11. The van der Waals surface area contributed by atoms with E-state index in [0.717, 1.165) is 23.2 Å². The van der Waals surface area contributed by atoms with Gasteiger partial charge in [0.1, 0.15) is 5.75 Å². The van der Waals surface area contributed by atoms with Crippen LogP contribution in [0.5, 0.6) is 5.75 Å². The molecule has 0 atom stereocenters. The van der Waals surface area contributed by atoms with E-state index >= 15 is 0 Å². The quantitative estimate of drug-likeness (QED) is 0.617. The molecule has 0 saturated carbocycles. The molecule has 4 rings (SSSR count). The summed E-state index contributed by atoms with van der Waals surface area (Å²) in [4.78, 5) is 25.2. The molecule has 160 valence electrons. The molecule has 1 aliphatic heterocycles. The van der Waals surface area contributed by atoms with Gasteiger partial charge in [-0.15, -0.1) is 0 Å². The maximum atomic E-state index is 12.9. The molecule has 1 aromatic heterocycles. The van der Waals surface area contributed by atoms with Crippen LogP contribution in [0.1, 0.15) is 32.0 Å². The molecule has 0 fully saturated rings. The topological polar surface area (TPSA) is 81.6 Å². The lowest BCUT2D eigenvalue weighted by molar-refractivity contribution is 0.155. The second-order valence-electron chi connectivity index (χ2n) is 7.95. The van der Waals surface area contributed by atoms with Gasteiger partial charge in [-0.05, 0) is 49.0 Å². The van der Waals surface area contributed by atoms with Gasteiger partial charge < -0.3 is 14.8 Å². The molecule has 2 N–H and O–H groups in total. The number of benzene rings is 2. The fraction of sp³-hybridized carbons (Fsp3) is 0.250. The van der Waals surface area contributed by atoms with Gasteiger partial charge in [0.2, 0.25) is 0 Å². The molecule has 2 aromatic carbocycles. The van der Waals surface area contributed by atoms with Gasteiger partial charge in [-0.1, -0.05) is 32.0 Å². The first-order valence-corrected chi connectivity index (χ1v) is 10.2. The molecule has 0 aliphatic carbocycles. The van der Waals surface area contributed by atoms with Gasteiger partial charge in [0, 0.05) is 29.1 Å². The van der Waals surface area contributed by atoms with Crippen LogP contribution in [0.3, 0.4) is 0 Å². The van der Waals surface area contributed by atoms with Crippen LogP contribution in [0.15, 0.2) is 54.7 Å². The van der Waals surface area contributed by atoms with E-state index in [-0.39, 0.29) is 12.0 Å². The average Bonchev–Trinajstić information content (AvgIpc) is 2.97. The number of anilines is 1. The van der Waals surface area contributed by atoms with E-state index in [1.165, 1.54) is 0 Å². The number of fused-ring (bicyclic) bond motifs is 3. The zero-order chi connectivity index (χ0) is 22.0. The molecule has 0 spiro atoms. The number of hydrogen-bond donors (Lipinski definition) is 2. The van der Waals surface area contributed by atoms with E-state index in [1.54, 1.807) is 35.8 Å². The molecule has 7 heteroatoms. The second kappa shape index (κ2) is 8.18. The van der Waals surface area contributed by atoms with Crippen molar-refractivity contribution in [2.24, 2.45) is 0 Å². The van der Waals surface area contributed by atoms with Crippen molar-refractivity contribution in [2.45, 2.75) is 26.2 Å². The Hall–Kier alpha value is -3.74. The van der Waals surface area contributed by atoms with E-state index < -0.39 is 12.2 Å². The molecule has 31 heavy (non-hydrogen) atoms. The third kappa shape index (κ3) is 3.99. The van der Waals surface area contributed by atoms with Gasteiger partial charge in [0.15, 0.2) is 0 Å². The fourth-order valence-corrected chi connectivity index (χ4v) is 3.92. The third-order valence-corrected chi connectivity index (χ3v) is 5.24. The average molecular weight is 419 g/mol.